The normalized spacial score (nSPS) is 13.6. The molecule has 1 aliphatic rings. The van der Waals surface area contributed by atoms with Crippen LogP contribution in [-0.2, 0) is 12.8 Å². The van der Waals surface area contributed by atoms with Crippen molar-refractivity contribution in [2.45, 2.75) is 19.3 Å². The van der Waals surface area contributed by atoms with Gasteiger partial charge in [-0.15, -0.1) is 0 Å². The van der Waals surface area contributed by atoms with E-state index in [1.165, 1.54) is 21.9 Å². The number of benzene rings is 3. The van der Waals surface area contributed by atoms with Gasteiger partial charge < -0.3 is 5.73 Å². The smallest absolute Gasteiger partial charge is 0.102 e. The Morgan fingerprint density at radius 3 is 2.60 bits per heavy atom. The van der Waals surface area contributed by atoms with Crippen LogP contribution in [0.15, 0.2) is 36.4 Å². The van der Waals surface area contributed by atoms with Gasteiger partial charge in [-0.05, 0) is 46.5 Å². The number of hydrogen-bond donors (Lipinski definition) is 1. The molecule has 0 heterocycles. The van der Waals surface area contributed by atoms with Crippen LogP contribution < -0.4 is 5.73 Å². The summed E-state index contributed by atoms with van der Waals surface area (Å²) in [6.45, 7) is 0. The fourth-order valence-electron chi connectivity index (χ4n) is 3.55. The summed E-state index contributed by atoms with van der Waals surface area (Å²) in [6.07, 6.45) is 3.15. The second-order valence-electron chi connectivity index (χ2n) is 5.42. The molecule has 3 aromatic carbocycles. The van der Waals surface area contributed by atoms with E-state index in [-0.39, 0.29) is 0 Å². The van der Waals surface area contributed by atoms with Crippen LogP contribution >= 0.6 is 0 Å². The summed E-state index contributed by atoms with van der Waals surface area (Å²) < 4.78 is 0. The van der Waals surface area contributed by atoms with Crippen molar-refractivity contribution in [3.05, 3.63) is 53.1 Å². The zero-order valence-corrected chi connectivity index (χ0v) is 11.1. The molecule has 0 unspecified atom stereocenters. The molecule has 0 aromatic heterocycles. The first kappa shape index (κ1) is 11.3. The molecule has 0 spiro atoms. The lowest BCUT2D eigenvalue weighted by Gasteiger charge is -2.14. The standard InChI is InChI=1S/C18H14N2/c19-10-16-14-7-3-6-13(14)15-9-8-11-4-1-2-5-12(11)17(15)18(16)20/h1-2,4-5,8-9H,3,6-7,20H2. The number of fused-ring (bicyclic) bond motifs is 5. The molecule has 4 rings (SSSR count). The summed E-state index contributed by atoms with van der Waals surface area (Å²) in [5, 5.41) is 14.1. The molecule has 0 atom stereocenters. The van der Waals surface area contributed by atoms with Crippen molar-refractivity contribution < 1.29 is 0 Å². The Kier molecular flexibility index (Phi) is 2.25. The molecule has 0 saturated carbocycles. The predicted octanol–water partition coefficient (Wildman–Crippen LogP) is 3.94. The van der Waals surface area contributed by atoms with E-state index in [1.54, 1.807) is 0 Å². The van der Waals surface area contributed by atoms with E-state index in [1.807, 2.05) is 12.1 Å². The monoisotopic (exact) mass is 258 g/mol. The molecule has 2 heteroatoms. The zero-order valence-electron chi connectivity index (χ0n) is 11.1. The molecule has 0 amide bonds. The molecule has 2 N–H and O–H groups in total. The first-order valence-corrected chi connectivity index (χ1v) is 6.96. The molecular weight excluding hydrogens is 244 g/mol. The third-order valence-corrected chi connectivity index (χ3v) is 4.42. The lowest BCUT2D eigenvalue weighted by molar-refractivity contribution is 0.912. The average molecular weight is 258 g/mol. The summed E-state index contributed by atoms with van der Waals surface area (Å²) in [7, 11) is 0. The van der Waals surface area contributed by atoms with Crippen LogP contribution in [0.25, 0.3) is 21.5 Å². The third kappa shape index (κ3) is 1.32. The highest BCUT2D eigenvalue weighted by Gasteiger charge is 2.22. The van der Waals surface area contributed by atoms with Gasteiger partial charge in [0.1, 0.15) is 6.07 Å². The summed E-state index contributed by atoms with van der Waals surface area (Å²) >= 11 is 0. The lowest BCUT2D eigenvalue weighted by Crippen LogP contribution is -1.99. The van der Waals surface area contributed by atoms with E-state index in [0.29, 0.717) is 11.3 Å². The Hall–Kier alpha value is -2.53. The van der Waals surface area contributed by atoms with Crippen LogP contribution in [-0.4, -0.2) is 0 Å². The average Bonchev–Trinajstić information content (AvgIpc) is 2.96. The Balaban J connectivity index is 2.31. The van der Waals surface area contributed by atoms with Gasteiger partial charge in [0.05, 0.1) is 11.3 Å². The second kappa shape index (κ2) is 3.98. The van der Waals surface area contributed by atoms with Crippen molar-refractivity contribution in [2.75, 3.05) is 5.73 Å². The largest absolute Gasteiger partial charge is 0.397 e. The topological polar surface area (TPSA) is 49.8 Å². The van der Waals surface area contributed by atoms with E-state index >= 15 is 0 Å². The number of aryl methyl sites for hydroxylation is 1. The maximum atomic E-state index is 9.48. The number of nitrogens with zero attached hydrogens (tertiary/aromatic N) is 1. The van der Waals surface area contributed by atoms with Crippen molar-refractivity contribution in [2.24, 2.45) is 0 Å². The maximum absolute atomic E-state index is 9.48. The quantitative estimate of drug-likeness (QED) is 0.490. The minimum absolute atomic E-state index is 0.653. The molecule has 0 aliphatic heterocycles. The number of anilines is 1. The SMILES string of the molecule is N#Cc1c2c(c3ccc4ccccc4c3c1N)CCC2. The molecule has 2 nitrogen and oxygen atoms in total. The van der Waals surface area contributed by atoms with Gasteiger partial charge in [0.2, 0.25) is 0 Å². The van der Waals surface area contributed by atoms with Crippen molar-refractivity contribution in [3.63, 3.8) is 0 Å². The summed E-state index contributed by atoms with van der Waals surface area (Å²) in [4.78, 5) is 0. The molecule has 0 radical (unpaired) electrons. The molecule has 3 aromatic rings. The Morgan fingerprint density at radius 2 is 1.75 bits per heavy atom. The maximum Gasteiger partial charge on any atom is 0.102 e. The summed E-state index contributed by atoms with van der Waals surface area (Å²) in [6, 6.07) is 14.9. The van der Waals surface area contributed by atoms with Gasteiger partial charge in [-0.2, -0.15) is 5.26 Å². The Bertz CT molecular complexity index is 901. The lowest BCUT2D eigenvalue weighted by atomic mass is 9.91. The molecule has 0 saturated heterocycles. The number of rotatable bonds is 0. The number of nitriles is 1. The molecule has 0 fully saturated rings. The van der Waals surface area contributed by atoms with Gasteiger partial charge in [0.25, 0.3) is 0 Å². The van der Waals surface area contributed by atoms with Gasteiger partial charge in [0.15, 0.2) is 0 Å². The van der Waals surface area contributed by atoms with E-state index in [2.05, 4.69) is 30.3 Å². The minimum atomic E-state index is 0.653. The van der Waals surface area contributed by atoms with E-state index in [9.17, 15) is 5.26 Å². The van der Waals surface area contributed by atoms with Gasteiger partial charge in [0, 0.05) is 5.39 Å². The molecule has 1 aliphatic carbocycles. The van der Waals surface area contributed by atoms with Crippen molar-refractivity contribution in [1.29, 1.82) is 5.26 Å². The first-order valence-electron chi connectivity index (χ1n) is 6.96. The van der Waals surface area contributed by atoms with Crippen molar-refractivity contribution >= 4 is 27.2 Å². The Morgan fingerprint density at radius 1 is 0.950 bits per heavy atom. The van der Waals surface area contributed by atoms with Gasteiger partial charge in [-0.1, -0.05) is 36.4 Å². The van der Waals surface area contributed by atoms with E-state index in [0.717, 1.165) is 30.0 Å². The molecule has 96 valence electrons. The van der Waals surface area contributed by atoms with Crippen molar-refractivity contribution in [3.8, 4) is 6.07 Å². The highest BCUT2D eigenvalue weighted by molar-refractivity contribution is 6.15. The van der Waals surface area contributed by atoms with Gasteiger partial charge in [-0.3, -0.25) is 0 Å². The third-order valence-electron chi connectivity index (χ3n) is 4.42. The molecular formula is C18H14N2. The second-order valence-corrected chi connectivity index (χ2v) is 5.42. The summed E-state index contributed by atoms with van der Waals surface area (Å²) in [5.74, 6) is 0. The van der Waals surface area contributed by atoms with Crippen LogP contribution in [0.2, 0.25) is 0 Å². The fourth-order valence-corrected chi connectivity index (χ4v) is 3.55. The van der Waals surface area contributed by atoms with Crippen LogP contribution in [0, 0.1) is 11.3 Å². The van der Waals surface area contributed by atoms with Crippen LogP contribution in [0.4, 0.5) is 5.69 Å². The van der Waals surface area contributed by atoms with E-state index in [4.69, 9.17) is 5.73 Å². The van der Waals surface area contributed by atoms with Crippen LogP contribution in [0.1, 0.15) is 23.1 Å². The van der Waals surface area contributed by atoms with Gasteiger partial charge in [-0.25, -0.2) is 0 Å². The zero-order chi connectivity index (χ0) is 13.7. The molecule has 0 bridgehead atoms. The highest BCUT2D eigenvalue weighted by atomic mass is 14.6. The highest BCUT2D eigenvalue weighted by Crippen LogP contribution is 2.40. The van der Waals surface area contributed by atoms with Gasteiger partial charge >= 0.3 is 0 Å². The van der Waals surface area contributed by atoms with Crippen LogP contribution in [0.5, 0.6) is 0 Å². The summed E-state index contributed by atoms with van der Waals surface area (Å²) in [5.41, 5.74) is 10.2. The fraction of sp³-hybridized carbons (Fsp3) is 0.167. The van der Waals surface area contributed by atoms with Crippen LogP contribution in [0.3, 0.4) is 0 Å². The number of nitrogens with two attached hydrogens (primary N) is 1. The first-order chi connectivity index (χ1) is 9.81. The predicted molar refractivity (Wildman–Crippen MR) is 82.6 cm³/mol. The van der Waals surface area contributed by atoms with Crippen molar-refractivity contribution in [1.82, 2.24) is 0 Å². The Labute approximate surface area is 117 Å². The molecule has 20 heavy (non-hydrogen) atoms. The number of hydrogen-bond acceptors (Lipinski definition) is 2. The van der Waals surface area contributed by atoms with E-state index < -0.39 is 0 Å². The number of nitrogen functional groups attached to an aromatic ring is 1. The minimum Gasteiger partial charge on any atom is -0.397 e.